The summed E-state index contributed by atoms with van der Waals surface area (Å²) >= 11 is 0. The highest BCUT2D eigenvalue weighted by molar-refractivity contribution is 6.11. The van der Waals surface area contributed by atoms with Crippen molar-refractivity contribution in [1.82, 2.24) is 10.2 Å². The molecule has 1 atom stereocenters. The Labute approximate surface area is 184 Å². The normalized spacial score (nSPS) is 17.9. The Kier molecular flexibility index (Phi) is 5.36. The predicted octanol–water partition coefficient (Wildman–Crippen LogP) is 3.03. The number of methoxy groups -OCH3 is 1. The number of anilines is 1. The van der Waals surface area contributed by atoms with Gasteiger partial charge in [0.2, 0.25) is 5.91 Å². The van der Waals surface area contributed by atoms with Gasteiger partial charge in [0.25, 0.3) is 5.91 Å². The van der Waals surface area contributed by atoms with E-state index in [1.807, 2.05) is 36.4 Å². The zero-order valence-corrected chi connectivity index (χ0v) is 17.5. The van der Waals surface area contributed by atoms with Crippen molar-refractivity contribution in [1.29, 1.82) is 0 Å². The van der Waals surface area contributed by atoms with Crippen LogP contribution >= 0.6 is 0 Å². The number of benzene rings is 3. The number of ether oxygens (including phenoxy) is 1. The Morgan fingerprint density at radius 3 is 2.44 bits per heavy atom. The maximum atomic E-state index is 13.2. The number of hydrogen-bond acceptors (Lipinski definition) is 5. The van der Waals surface area contributed by atoms with Gasteiger partial charge in [-0.25, -0.2) is 9.59 Å². The molecule has 0 saturated carbocycles. The van der Waals surface area contributed by atoms with Crippen LogP contribution in [0.15, 0.2) is 66.7 Å². The van der Waals surface area contributed by atoms with Gasteiger partial charge in [-0.05, 0) is 41.5 Å². The van der Waals surface area contributed by atoms with Crippen LogP contribution in [0.4, 0.5) is 10.5 Å². The predicted molar refractivity (Wildman–Crippen MR) is 118 cm³/mol. The van der Waals surface area contributed by atoms with Crippen LogP contribution in [0.3, 0.4) is 0 Å². The molecule has 1 heterocycles. The van der Waals surface area contributed by atoms with Crippen LogP contribution in [0.1, 0.15) is 22.8 Å². The molecule has 0 aliphatic carbocycles. The summed E-state index contributed by atoms with van der Waals surface area (Å²) in [5, 5.41) is 7.22. The Morgan fingerprint density at radius 1 is 1.00 bits per heavy atom. The molecule has 1 saturated heterocycles. The zero-order valence-electron chi connectivity index (χ0n) is 17.5. The van der Waals surface area contributed by atoms with Crippen LogP contribution in [-0.4, -0.2) is 42.4 Å². The van der Waals surface area contributed by atoms with Gasteiger partial charge in [0.05, 0.1) is 18.4 Å². The molecule has 0 aromatic heterocycles. The molecule has 8 heteroatoms. The number of carbonyl (C=O) groups is 4. The lowest BCUT2D eigenvalue weighted by atomic mass is 9.90. The minimum Gasteiger partial charge on any atom is -0.465 e. The largest absolute Gasteiger partial charge is 0.465 e. The summed E-state index contributed by atoms with van der Waals surface area (Å²) < 4.78 is 4.71. The standard InChI is InChI=1S/C24H21N3O5/c1-24(17-12-11-15-7-3-4-8-16(15)13-17)22(30)27(23(31)26-24)14-20(28)25-19-10-6-5-9-18(19)21(29)32-2/h3-13H,14H2,1-2H3,(H,25,28)(H,26,31). The molecule has 0 radical (unpaired) electrons. The summed E-state index contributed by atoms with van der Waals surface area (Å²) in [4.78, 5) is 51.1. The number of amides is 4. The zero-order chi connectivity index (χ0) is 22.9. The molecule has 1 aliphatic heterocycles. The first kappa shape index (κ1) is 21.0. The van der Waals surface area contributed by atoms with Gasteiger partial charge in [-0.15, -0.1) is 0 Å². The molecule has 8 nitrogen and oxygen atoms in total. The van der Waals surface area contributed by atoms with Gasteiger partial charge in [-0.3, -0.25) is 14.5 Å². The van der Waals surface area contributed by atoms with Crippen LogP contribution in [0, 0.1) is 0 Å². The second-order valence-electron chi connectivity index (χ2n) is 7.59. The summed E-state index contributed by atoms with van der Waals surface area (Å²) in [6.07, 6.45) is 0. The van der Waals surface area contributed by atoms with Crippen molar-refractivity contribution < 1.29 is 23.9 Å². The number of nitrogens with zero attached hydrogens (tertiary/aromatic N) is 1. The van der Waals surface area contributed by atoms with Crippen molar-refractivity contribution in [2.45, 2.75) is 12.5 Å². The van der Waals surface area contributed by atoms with Crippen LogP contribution in [-0.2, 0) is 19.9 Å². The summed E-state index contributed by atoms with van der Waals surface area (Å²) in [5.74, 6) is -1.76. The third-order valence-electron chi connectivity index (χ3n) is 5.51. The van der Waals surface area contributed by atoms with Gasteiger partial charge >= 0.3 is 12.0 Å². The van der Waals surface area contributed by atoms with E-state index in [2.05, 4.69) is 10.6 Å². The average molecular weight is 431 g/mol. The number of fused-ring (bicyclic) bond motifs is 1. The van der Waals surface area contributed by atoms with E-state index in [0.29, 0.717) is 5.56 Å². The second kappa shape index (κ2) is 8.14. The molecule has 0 bridgehead atoms. The summed E-state index contributed by atoms with van der Waals surface area (Å²) in [7, 11) is 1.24. The highest BCUT2D eigenvalue weighted by Gasteiger charge is 2.49. The summed E-state index contributed by atoms with van der Waals surface area (Å²) in [5.41, 5.74) is -0.283. The molecule has 3 aromatic carbocycles. The monoisotopic (exact) mass is 431 g/mol. The van der Waals surface area contributed by atoms with E-state index in [4.69, 9.17) is 4.74 Å². The minimum absolute atomic E-state index is 0.168. The fourth-order valence-corrected chi connectivity index (χ4v) is 3.75. The fourth-order valence-electron chi connectivity index (χ4n) is 3.75. The van der Waals surface area contributed by atoms with Crippen molar-refractivity contribution in [3.63, 3.8) is 0 Å². The molecule has 1 aliphatic rings. The molecular formula is C24H21N3O5. The number of nitrogens with one attached hydrogen (secondary N) is 2. The molecule has 2 N–H and O–H groups in total. The van der Waals surface area contributed by atoms with E-state index >= 15 is 0 Å². The van der Waals surface area contributed by atoms with Gasteiger partial charge in [0, 0.05) is 0 Å². The number of para-hydroxylation sites is 1. The van der Waals surface area contributed by atoms with E-state index in [9.17, 15) is 19.2 Å². The van der Waals surface area contributed by atoms with Gasteiger partial charge in [0.1, 0.15) is 12.1 Å². The first-order valence-electron chi connectivity index (χ1n) is 9.94. The Bertz CT molecular complexity index is 1260. The Hall–Kier alpha value is -4.20. The van der Waals surface area contributed by atoms with E-state index < -0.39 is 35.9 Å². The highest BCUT2D eigenvalue weighted by Crippen LogP contribution is 2.31. The van der Waals surface area contributed by atoms with Crippen molar-refractivity contribution >= 4 is 40.3 Å². The lowest BCUT2D eigenvalue weighted by Gasteiger charge is -2.22. The van der Waals surface area contributed by atoms with E-state index in [-0.39, 0.29) is 11.3 Å². The molecular weight excluding hydrogens is 410 g/mol. The van der Waals surface area contributed by atoms with Gasteiger partial charge in [0.15, 0.2) is 0 Å². The number of hydrogen-bond donors (Lipinski definition) is 2. The topological polar surface area (TPSA) is 105 Å². The molecule has 3 aromatic rings. The quantitative estimate of drug-likeness (QED) is 0.477. The molecule has 0 spiro atoms. The lowest BCUT2D eigenvalue weighted by Crippen LogP contribution is -2.42. The molecule has 1 fully saturated rings. The van der Waals surface area contributed by atoms with E-state index in [1.54, 1.807) is 25.1 Å². The minimum atomic E-state index is -1.30. The van der Waals surface area contributed by atoms with Crippen molar-refractivity contribution in [2.24, 2.45) is 0 Å². The van der Waals surface area contributed by atoms with Gasteiger partial charge in [-0.1, -0.05) is 48.5 Å². The van der Waals surface area contributed by atoms with Crippen LogP contribution in [0.5, 0.6) is 0 Å². The summed E-state index contributed by atoms with van der Waals surface area (Å²) in [6.45, 7) is 1.12. The third kappa shape index (κ3) is 3.66. The SMILES string of the molecule is COC(=O)c1ccccc1NC(=O)CN1C(=O)NC(C)(c2ccc3ccccc3c2)C1=O. The van der Waals surface area contributed by atoms with Crippen LogP contribution in [0.25, 0.3) is 10.8 Å². The maximum absolute atomic E-state index is 13.2. The first-order valence-corrected chi connectivity index (χ1v) is 9.94. The number of rotatable bonds is 5. The molecule has 32 heavy (non-hydrogen) atoms. The number of imide groups is 1. The van der Waals surface area contributed by atoms with E-state index in [1.165, 1.54) is 19.2 Å². The van der Waals surface area contributed by atoms with Gasteiger partial charge in [-0.2, -0.15) is 0 Å². The summed E-state index contributed by atoms with van der Waals surface area (Å²) in [6, 6.07) is 18.9. The smallest absolute Gasteiger partial charge is 0.339 e. The highest BCUT2D eigenvalue weighted by atomic mass is 16.5. The van der Waals surface area contributed by atoms with Crippen LogP contribution in [0.2, 0.25) is 0 Å². The third-order valence-corrected chi connectivity index (χ3v) is 5.51. The maximum Gasteiger partial charge on any atom is 0.339 e. The van der Waals surface area contributed by atoms with Crippen LogP contribution < -0.4 is 10.6 Å². The molecule has 162 valence electrons. The molecule has 1 unspecified atom stereocenters. The average Bonchev–Trinajstić information content (AvgIpc) is 3.02. The number of esters is 1. The van der Waals surface area contributed by atoms with Crippen molar-refractivity contribution in [2.75, 3.05) is 19.0 Å². The second-order valence-corrected chi connectivity index (χ2v) is 7.59. The van der Waals surface area contributed by atoms with Crippen molar-refractivity contribution in [3.8, 4) is 0 Å². The molecule has 4 rings (SSSR count). The Balaban J connectivity index is 1.54. The first-order chi connectivity index (χ1) is 15.3. The van der Waals surface area contributed by atoms with Crippen molar-refractivity contribution in [3.05, 3.63) is 77.9 Å². The number of carbonyl (C=O) groups excluding carboxylic acids is 4. The number of urea groups is 1. The lowest BCUT2D eigenvalue weighted by molar-refractivity contribution is -0.133. The fraction of sp³-hybridized carbons (Fsp3) is 0.167. The van der Waals surface area contributed by atoms with E-state index in [0.717, 1.165) is 15.7 Å². The Morgan fingerprint density at radius 2 is 1.69 bits per heavy atom. The van der Waals surface area contributed by atoms with Gasteiger partial charge < -0.3 is 15.4 Å². The molecule has 4 amide bonds.